The molecule has 2 aliphatic heterocycles. The van der Waals surface area contributed by atoms with Crippen LogP contribution in [-0.2, 0) is 16.6 Å². The molecule has 33 heavy (non-hydrogen) atoms. The Morgan fingerprint density at radius 1 is 0.909 bits per heavy atom. The topological polar surface area (TPSA) is 82.6 Å². The molecule has 0 bridgehead atoms. The van der Waals surface area contributed by atoms with Crippen LogP contribution in [0.2, 0.25) is 0 Å². The molecule has 1 N–H and O–H groups in total. The van der Waals surface area contributed by atoms with Crippen molar-refractivity contribution in [1.29, 1.82) is 0 Å². The molecule has 3 aromatic rings. The molecule has 5 rings (SSSR count). The van der Waals surface area contributed by atoms with E-state index in [4.69, 9.17) is 0 Å². The van der Waals surface area contributed by atoms with Crippen LogP contribution in [0.3, 0.4) is 0 Å². The number of amides is 1. The van der Waals surface area contributed by atoms with E-state index in [1.165, 1.54) is 0 Å². The summed E-state index contributed by atoms with van der Waals surface area (Å²) in [4.78, 5) is 19.6. The highest BCUT2D eigenvalue weighted by Gasteiger charge is 2.38. The first-order chi connectivity index (χ1) is 16.0. The standard InChI is InChI=1S/C25H26N4O3S/c30-25-22-10-7-15-26-23(22)24(29(25)18-19-8-3-1-4-9-19)27-20-11-13-21(14-12-20)33(31,32)28-16-5-2-6-17-28/h1,3-4,7-15,24,27H,2,5-6,16-18H2/t24-/m1/s1. The number of piperidine rings is 1. The molecule has 0 spiro atoms. The van der Waals surface area contributed by atoms with Crippen LogP contribution in [0.1, 0.15) is 47.0 Å². The summed E-state index contributed by atoms with van der Waals surface area (Å²) in [6.45, 7) is 1.59. The van der Waals surface area contributed by atoms with Crippen molar-refractivity contribution < 1.29 is 13.2 Å². The molecule has 7 nitrogen and oxygen atoms in total. The number of fused-ring (bicyclic) bond motifs is 1. The number of nitrogens with one attached hydrogen (secondary N) is 1. The van der Waals surface area contributed by atoms with Crippen LogP contribution in [0.5, 0.6) is 0 Å². The molecule has 8 heteroatoms. The van der Waals surface area contributed by atoms with Crippen molar-refractivity contribution >= 4 is 21.6 Å². The van der Waals surface area contributed by atoms with Crippen molar-refractivity contribution in [2.75, 3.05) is 18.4 Å². The summed E-state index contributed by atoms with van der Waals surface area (Å²) in [7, 11) is -3.49. The van der Waals surface area contributed by atoms with E-state index in [1.54, 1.807) is 51.8 Å². The Bertz CT molecular complexity index is 1240. The second-order valence-corrected chi connectivity index (χ2v) is 10.3. The van der Waals surface area contributed by atoms with Crippen LogP contribution >= 0.6 is 0 Å². The first kappa shape index (κ1) is 21.6. The van der Waals surface area contributed by atoms with E-state index in [2.05, 4.69) is 10.3 Å². The van der Waals surface area contributed by atoms with Gasteiger partial charge >= 0.3 is 0 Å². The summed E-state index contributed by atoms with van der Waals surface area (Å²) >= 11 is 0. The maximum atomic E-state index is 13.1. The van der Waals surface area contributed by atoms with Gasteiger partial charge in [0.2, 0.25) is 10.0 Å². The first-order valence-corrected chi connectivity index (χ1v) is 12.6. The number of carbonyl (C=O) groups is 1. The number of hydrogen-bond donors (Lipinski definition) is 1. The number of rotatable bonds is 6. The summed E-state index contributed by atoms with van der Waals surface area (Å²) in [6, 6.07) is 20.1. The fourth-order valence-electron chi connectivity index (χ4n) is 4.46. The number of benzene rings is 2. The van der Waals surface area contributed by atoms with Crippen molar-refractivity contribution in [2.45, 2.75) is 36.9 Å². The van der Waals surface area contributed by atoms with E-state index in [-0.39, 0.29) is 10.8 Å². The molecule has 1 fully saturated rings. The maximum Gasteiger partial charge on any atom is 0.258 e. The van der Waals surface area contributed by atoms with Crippen molar-refractivity contribution in [3.8, 4) is 0 Å². The Hall–Kier alpha value is -3.23. The number of sulfonamides is 1. The van der Waals surface area contributed by atoms with E-state index in [0.717, 1.165) is 30.5 Å². The third-order valence-electron chi connectivity index (χ3n) is 6.21. The van der Waals surface area contributed by atoms with Gasteiger partial charge in [-0.25, -0.2) is 8.42 Å². The molecule has 1 aromatic heterocycles. The number of hydrogen-bond acceptors (Lipinski definition) is 5. The summed E-state index contributed by atoms with van der Waals surface area (Å²) < 4.78 is 27.5. The molecule has 1 amide bonds. The van der Waals surface area contributed by atoms with E-state index in [9.17, 15) is 13.2 Å². The summed E-state index contributed by atoms with van der Waals surface area (Å²) in [5.74, 6) is -0.0799. The molecule has 2 aliphatic rings. The molecular weight excluding hydrogens is 436 g/mol. The van der Waals surface area contributed by atoms with Crippen LogP contribution in [0.15, 0.2) is 77.8 Å². The van der Waals surface area contributed by atoms with E-state index in [1.807, 2.05) is 30.3 Å². The SMILES string of the molecule is O=C1c2cccnc2[C@H](Nc2ccc(S(=O)(=O)N3CCCCC3)cc2)N1Cc1ccccc1. The summed E-state index contributed by atoms with van der Waals surface area (Å²) in [5, 5.41) is 3.39. The van der Waals surface area contributed by atoms with Gasteiger partial charge in [0.05, 0.1) is 16.2 Å². The van der Waals surface area contributed by atoms with Crippen LogP contribution in [0.25, 0.3) is 0 Å². The second kappa shape index (κ2) is 8.96. The molecule has 170 valence electrons. The van der Waals surface area contributed by atoms with Gasteiger partial charge < -0.3 is 10.2 Å². The Balaban J connectivity index is 1.40. The van der Waals surface area contributed by atoms with Gasteiger partial charge in [0.1, 0.15) is 6.17 Å². The minimum absolute atomic E-state index is 0.0799. The van der Waals surface area contributed by atoms with Gasteiger partial charge in [-0.15, -0.1) is 0 Å². The molecule has 2 aromatic carbocycles. The molecule has 1 atom stereocenters. The molecule has 3 heterocycles. The molecule has 0 saturated carbocycles. The van der Waals surface area contributed by atoms with Gasteiger partial charge in [-0.1, -0.05) is 36.8 Å². The van der Waals surface area contributed by atoms with Gasteiger partial charge in [-0.3, -0.25) is 9.78 Å². The van der Waals surface area contributed by atoms with Crippen LogP contribution in [0, 0.1) is 0 Å². The van der Waals surface area contributed by atoms with Gasteiger partial charge in [-0.05, 0) is 54.8 Å². The lowest BCUT2D eigenvalue weighted by Crippen LogP contribution is -2.35. The second-order valence-electron chi connectivity index (χ2n) is 8.39. The Morgan fingerprint density at radius 3 is 2.36 bits per heavy atom. The van der Waals surface area contributed by atoms with Crippen molar-refractivity contribution in [3.63, 3.8) is 0 Å². The molecular formula is C25H26N4O3S. The zero-order chi connectivity index (χ0) is 22.8. The summed E-state index contributed by atoms with van der Waals surface area (Å²) in [6.07, 6.45) is 4.11. The maximum absolute atomic E-state index is 13.1. The first-order valence-electron chi connectivity index (χ1n) is 11.2. The highest BCUT2D eigenvalue weighted by molar-refractivity contribution is 7.89. The average Bonchev–Trinajstić information content (AvgIpc) is 3.12. The molecule has 0 unspecified atom stereocenters. The van der Waals surface area contributed by atoms with Gasteiger partial charge in [0.25, 0.3) is 5.91 Å². The smallest absolute Gasteiger partial charge is 0.258 e. The third-order valence-corrected chi connectivity index (χ3v) is 8.12. The van der Waals surface area contributed by atoms with Gasteiger partial charge in [0.15, 0.2) is 0 Å². The molecule has 1 saturated heterocycles. The lowest BCUT2D eigenvalue weighted by molar-refractivity contribution is 0.0727. The zero-order valence-corrected chi connectivity index (χ0v) is 19.0. The van der Waals surface area contributed by atoms with Gasteiger partial charge in [-0.2, -0.15) is 4.31 Å². The Morgan fingerprint density at radius 2 is 1.64 bits per heavy atom. The molecule has 0 radical (unpaired) electrons. The van der Waals surface area contributed by atoms with Crippen molar-refractivity contribution in [3.05, 3.63) is 89.7 Å². The molecule has 0 aliphatic carbocycles. The van der Waals surface area contributed by atoms with Crippen molar-refractivity contribution in [2.24, 2.45) is 0 Å². The zero-order valence-electron chi connectivity index (χ0n) is 18.2. The van der Waals surface area contributed by atoms with E-state index in [0.29, 0.717) is 30.9 Å². The highest BCUT2D eigenvalue weighted by Crippen LogP contribution is 2.34. The number of anilines is 1. The monoisotopic (exact) mass is 462 g/mol. The summed E-state index contributed by atoms with van der Waals surface area (Å²) in [5.41, 5.74) is 2.99. The van der Waals surface area contributed by atoms with Crippen LogP contribution < -0.4 is 5.32 Å². The van der Waals surface area contributed by atoms with Crippen LogP contribution in [-0.4, -0.2) is 41.6 Å². The number of aromatic nitrogens is 1. The number of carbonyl (C=O) groups excluding carboxylic acids is 1. The van der Waals surface area contributed by atoms with E-state index < -0.39 is 16.2 Å². The minimum atomic E-state index is -3.49. The van der Waals surface area contributed by atoms with E-state index >= 15 is 0 Å². The van der Waals surface area contributed by atoms with Crippen molar-refractivity contribution in [1.82, 2.24) is 14.2 Å². The Labute approximate surface area is 194 Å². The highest BCUT2D eigenvalue weighted by atomic mass is 32.2. The quantitative estimate of drug-likeness (QED) is 0.598. The lowest BCUT2D eigenvalue weighted by Gasteiger charge is -2.27. The predicted molar refractivity (Wildman–Crippen MR) is 126 cm³/mol. The number of nitrogens with zero attached hydrogens (tertiary/aromatic N) is 3. The third kappa shape index (κ3) is 4.24. The Kier molecular flexibility index (Phi) is 5.86. The minimum Gasteiger partial charge on any atom is -0.360 e. The normalized spacial score (nSPS) is 18.8. The average molecular weight is 463 g/mol. The number of pyridine rings is 1. The fourth-order valence-corrected chi connectivity index (χ4v) is 5.98. The predicted octanol–water partition coefficient (Wildman–Crippen LogP) is 4.02. The lowest BCUT2D eigenvalue weighted by atomic mass is 10.2. The fraction of sp³-hybridized carbons (Fsp3) is 0.280. The largest absolute Gasteiger partial charge is 0.360 e. The van der Waals surface area contributed by atoms with Crippen LogP contribution in [0.4, 0.5) is 5.69 Å². The van der Waals surface area contributed by atoms with Gasteiger partial charge in [0, 0.05) is 31.5 Å².